The molecule has 0 unspecified atom stereocenters. The molecule has 2 aliphatic rings. The number of fused-ring (bicyclic) bond motifs is 1. The van der Waals surface area contributed by atoms with Gasteiger partial charge in [-0.25, -0.2) is 0 Å². The zero-order valence-electron chi connectivity index (χ0n) is 17.1. The van der Waals surface area contributed by atoms with Gasteiger partial charge in [-0.1, -0.05) is 11.3 Å². The molecule has 0 spiro atoms. The molecule has 8 heteroatoms. The highest BCUT2D eigenvalue weighted by Crippen LogP contribution is 2.33. The molecule has 2 aliphatic heterocycles. The van der Waals surface area contributed by atoms with Crippen molar-refractivity contribution in [2.45, 2.75) is 39.2 Å². The number of hydrogen-bond donors (Lipinski definition) is 1. The maximum atomic E-state index is 13.2. The molecule has 2 aromatic rings. The summed E-state index contributed by atoms with van der Waals surface area (Å²) in [7, 11) is 1.71. The fourth-order valence-electron chi connectivity index (χ4n) is 4.29. The molecule has 2 amide bonds. The van der Waals surface area contributed by atoms with E-state index in [2.05, 4.69) is 41.6 Å². The van der Waals surface area contributed by atoms with Crippen molar-refractivity contribution in [3.8, 4) is 0 Å². The van der Waals surface area contributed by atoms with Gasteiger partial charge in [0.2, 0.25) is 5.91 Å². The van der Waals surface area contributed by atoms with E-state index < -0.39 is 0 Å². The largest absolute Gasteiger partial charge is 0.376 e. The number of rotatable bonds is 4. The average molecular weight is 397 g/mol. The summed E-state index contributed by atoms with van der Waals surface area (Å²) in [6.45, 7) is 5.68. The molecule has 1 aromatic heterocycles. The number of benzene rings is 1. The number of carbonyl (C=O) groups excluding carboxylic acids is 2. The van der Waals surface area contributed by atoms with Gasteiger partial charge in [-0.2, -0.15) is 0 Å². The van der Waals surface area contributed by atoms with E-state index in [-0.39, 0.29) is 29.5 Å². The molecule has 1 aromatic carbocycles. The molecule has 0 saturated carbocycles. The molecule has 1 fully saturated rings. The molecule has 2 atom stereocenters. The molecule has 8 nitrogen and oxygen atoms in total. The van der Waals surface area contributed by atoms with Crippen LogP contribution in [0.4, 0.5) is 5.69 Å². The summed E-state index contributed by atoms with van der Waals surface area (Å²) in [6, 6.07) is 4.30. The van der Waals surface area contributed by atoms with Crippen molar-refractivity contribution < 1.29 is 14.3 Å². The second-order valence-corrected chi connectivity index (χ2v) is 8.05. The number of aromatic nitrogens is 3. The van der Waals surface area contributed by atoms with Gasteiger partial charge in [-0.05, 0) is 55.9 Å². The van der Waals surface area contributed by atoms with Crippen molar-refractivity contribution in [2.75, 3.05) is 24.6 Å². The molecule has 29 heavy (non-hydrogen) atoms. The van der Waals surface area contributed by atoms with Crippen molar-refractivity contribution >= 4 is 17.5 Å². The molecule has 1 saturated heterocycles. The zero-order valence-corrected chi connectivity index (χ0v) is 17.1. The van der Waals surface area contributed by atoms with E-state index in [0.717, 1.165) is 25.1 Å². The van der Waals surface area contributed by atoms with Crippen LogP contribution in [-0.2, 0) is 23.0 Å². The maximum absolute atomic E-state index is 13.2. The minimum Gasteiger partial charge on any atom is -0.376 e. The van der Waals surface area contributed by atoms with Gasteiger partial charge in [0.15, 0.2) is 5.69 Å². The van der Waals surface area contributed by atoms with Crippen molar-refractivity contribution in [1.29, 1.82) is 0 Å². The van der Waals surface area contributed by atoms with E-state index in [4.69, 9.17) is 4.74 Å². The SMILES string of the molecule is Cc1cc(C)c2c(c1)N(C(=O)[C@@H]1CO[C@H](CNC(=O)c3cn(C)nn3)C1)CCC2. The first-order valence-electron chi connectivity index (χ1n) is 10.1. The predicted molar refractivity (Wildman–Crippen MR) is 108 cm³/mol. The second-order valence-electron chi connectivity index (χ2n) is 8.05. The second kappa shape index (κ2) is 7.94. The van der Waals surface area contributed by atoms with Crippen molar-refractivity contribution in [3.05, 3.63) is 40.7 Å². The molecule has 4 rings (SSSR count). The third-order valence-corrected chi connectivity index (χ3v) is 5.71. The minimum absolute atomic E-state index is 0.124. The normalized spacial score (nSPS) is 21.1. The van der Waals surface area contributed by atoms with Crippen LogP contribution in [-0.4, -0.2) is 52.6 Å². The van der Waals surface area contributed by atoms with E-state index >= 15 is 0 Å². The Balaban J connectivity index is 1.37. The Hall–Kier alpha value is -2.74. The fraction of sp³-hybridized carbons (Fsp3) is 0.524. The molecule has 0 radical (unpaired) electrons. The molecule has 0 aliphatic carbocycles. The summed E-state index contributed by atoms with van der Waals surface area (Å²) in [4.78, 5) is 27.3. The van der Waals surface area contributed by atoms with Crippen LogP contribution < -0.4 is 10.2 Å². The highest BCUT2D eigenvalue weighted by molar-refractivity contribution is 5.97. The van der Waals surface area contributed by atoms with E-state index in [1.165, 1.54) is 21.4 Å². The third-order valence-electron chi connectivity index (χ3n) is 5.71. The Labute approximate surface area is 170 Å². The van der Waals surface area contributed by atoms with Gasteiger partial charge >= 0.3 is 0 Å². The van der Waals surface area contributed by atoms with Crippen molar-refractivity contribution in [3.63, 3.8) is 0 Å². The van der Waals surface area contributed by atoms with Crippen LogP contribution in [0, 0.1) is 19.8 Å². The molecule has 0 bridgehead atoms. The van der Waals surface area contributed by atoms with Crippen molar-refractivity contribution in [1.82, 2.24) is 20.3 Å². The predicted octanol–water partition coefficient (Wildman–Crippen LogP) is 1.55. The van der Waals surface area contributed by atoms with Gasteiger partial charge in [-0.3, -0.25) is 14.3 Å². The first kappa shape index (κ1) is 19.6. The Bertz CT molecular complexity index is 938. The monoisotopic (exact) mass is 397 g/mol. The summed E-state index contributed by atoms with van der Waals surface area (Å²) < 4.78 is 7.28. The van der Waals surface area contributed by atoms with Crippen LogP contribution >= 0.6 is 0 Å². The Morgan fingerprint density at radius 1 is 1.31 bits per heavy atom. The van der Waals surface area contributed by atoms with Crippen LogP contribution in [0.3, 0.4) is 0 Å². The Kier molecular flexibility index (Phi) is 5.36. The van der Waals surface area contributed by atoms with Gasteiger partial charge in [0, 0.05) is 25.8 Å². The molecule has 3 heterocycles. The van der Waals surface area contributed by atoms with E-state index in [0.29, 0.717) is 19.6 Å². The number of nitrogens with zero attached hydrogens (tertiary/aromatic N) is 4. The van der Waals surface area contributed by atoms with Crippen LogP contribution in [0.2, 0.25) is 0 Å². The molecular weight excluding hydrogens is 370 g/mol. The van der Waals surface area contributed by atoms with Crippen LogP contribution in [0.15, 0.2) is 18.3 Å². The molecule has 1 N–H and O–H groups in total. The number of carbonyl (C=O) groups is 2. The lowest BCUT2D eigenvalue weighted by molar-refractivity contribution is -0.122. The topological polar surface area (TPSA) is 89.4 Å². The van der Waals surface area contributed by atoms with Gasteiger partial charge in [0.1, 0.15) is 0 Å². The number of anilines is 1. The average Bonchev–Trinajstić information content (AvgIpc) is 3.34. The van der Waals surface area contributed by atoms with Crippen LogP contribution in [0.25, 0.3) is 0 Å². The third kappa shape index (κ3) is 4.03. The molecule has 154 valence electrons. The van der Waals surface area contributed by atoms with Gasteiger partial charge in [0.25, 0.3) is 5.91 Å². The van der Waals surface area contributed by atoms with E-state index in [9.17, 15) is 9.59 Å². The van der Waals surface area contributed by atoms with Crippen molar-refractivity contribution in [2.24, 2.45) is 13.0 Å². The summed E-state index contributed by atoms with van der Waals surface area (Å²) in [5.41, 5.74) is 5.03. The quantitative estimate of drug-likeness (QED) is 0.845. The van der Waals surface area contributed by atoms with Crippen LogP contribution in [0.1, 0.15) is 40.0 Å². The highest BCUT2D eigenvalue weighted by Gasteiger charge is 2.35. The van der Waals surface area contributed by atoms with Gasteiger partial charge in [-0.15, -0.1) is 5.10 Å². The number of hydrogen-bond acceptors (Lipinski definition) is 5. The Morgan fingerprint density at radius 3 is 2.90 bits per heavy atom. The Morgan fingerprint density at radius 2 is 2.14 bits per heavy atom. The highest BCUT2D eigenvalue weighted by atomic mass is 16.5. The summed E-state index contributed by atoms with van der Waals surface area (Å²) in [5, 5.41) is 10.4. The molecular formula is C21H27N5O3. The summed E-state index contributed by atoms with van der Waals surface area (Å²) in [6.07, 6.45) is 4.00. The fourth-order valence-corrected chi connectivity index (χ4v) is 4.29. The van der Waals surface area contributed by atoms with Crippen LogP contribution in [0.5, 0.6) is 0 Å². The number of aryl methyl sites for hydroxylation is 3. The minimum atomic E-state index is -0.285. The summed E-state index contributed by atoms with van der Waals surface area (Å²) >= 11 is 0. The van der Waals surface area contributed by atoms with E-state index in [1.54, 1.807) is 13.2 Å². The van der Waals surface area contributed by atoms with E-state index in [1.807, 2.05) is 4.90 Å². The lowest BCUT2D eigenvalue weighted by Gasteiger charge is -2.32. The zero-order chi connectivity index (χ0) is 20.5. The summed E-state index contributed by atoms with van der Waals surface area (Å²) in [5.74, 6) is -0.341. The number of ether oxygens (including phenoxy) is 1. The lowest BCUT2D eigenvalue weighted by atomic mass is 9.93. The first-order chi connectivity index (χ1) is 13.9. The maximum Gasteiger partial charge on any atom is 0.273 e. The lowest BCUT2D eigenvalue weighted by Crippen LogP contribution is -2.40. The van der Waals surface area contributed by atoms with Gasteiger partial charge < -0.3 is 15.0 Å². The number of nitrogens with one attached hydrogen (secondary N) is 1. The first-order valence-corrected chi connectivity index (χ1v) is 10.1. The number of amides is 2. The standard InChI is InChI=1S/C21H27N5O3/c1-13-7-14(2)17-5-4-6-26(19(17)8-13)21(28)15-9-16(29-12-15)10-22-20(27)18-11-25(3)24-23-18/h7-8,11,15-16H,4-6,9-10,12H2,1-3H3,(H,22,27)/t15-,16-/m0/s1. The smallest absolute Gasteiger partial charge is 0.273 e. The van der Waals surface area contributed by atoms with Gasteiger partial charge in [0.05, 0.1) is 24.8 Å².